The smallest absolute Gasteiger partial charge is 0.266 e. The first kappa shape index (κ1) is 20.1. The summed E-state index contributed by atoms with van der Waals surface area (Å²) in [6, 6.07) is 9.41. The van der Waals surface area contributed by atoms with Crippen molar-refractivity contribution in [2.75, 3.05) is 23.3 Å². The van der Waals surface area contributed by atoms with Gasteiger partial charge in [-0.1, -0.05) is 0 Å². The highest BCUT2D eigenvalue weighted by atomic mass is 32.1. The highest BCUT2D eigenvalue weighted by molar-refractivity contribution is 7.07. The molecular weight excluding hydrogens is 428 g/mol. The molecule has 4 aromatic heterocycles. The zero-order valence-electron chi connectivity index (χ0n) is 17.1. The minimum atomic E-state index is -0.131. The van der Waals surface area contributed by atoms with Gasteiger partial charge in [-0.05, 0) is 47.4 Å². The number of piperidine rings is 1. The number of aromatic nitrogens is 3. The van der Waals surface area contributed by atoms with E-state index in [4.69, 9.17) is 8.83 Å². The molecule has 0 bridgehead atoms. The van der Waals surface area contributed by atoms with Crippen LogP contribution in [0.2, 0.25) is 0 Å². The molecule has 1 aliphatic rings. The van der Waals surface area contributed by atoms with Crippen molar-refractivity contribution in [2.24, 2.45) is 5.92 Å². The Bertz CT molecular complexity index is 1230. The van der Waals surface area contributed by atoms with Gasteiger partial charge in [-0.25, -0.2) is 4.68 Å². The van der Waals surface area contributed by atoms with Gasteiger partial charge in [0.1, 0.15) is 11.9 Å². The Labute approximate surface area is 187 Å². The van der Waals surface area contributed by atoms with Crippen molar-refractivity contribution in [1.82, 2.24) is 14.8 Å². The fraction of sp³-hybridized carbons (Fsp3) is 0.273. The van der Waals surface area contributed by atoms with E-state index < -0.39 is 0 Å². The van der Waals surface area contributed by atoms with Gasteiger partial charge in [0.25, 0.3) is 5.89 Å². The molecule has 32 heavy (non-hydrogen) atoms. The number of nitrogens with one attached hydrogen (secondary N) is 1. The van der Waals surface area contributed by atoms with E-state index in [1.165, 1.54) is 6.26 Å². The molecular formula is C22H20N6O3S. The van der Waals surface area contributed by atoms with Crippen LogP contribution >= 0.6 is 11.3 Å². The number of oxazole rings is 1. The van der Waals surface area contributed by atoms with E-state index in [0.29, 0.717) is 49.9 Å². The van der Waals surface area contributed by atoms with Crippen LogP contribution in [0.5, 0.6) is 0 Å². The fourth-order valence-corrected chi connectivity index (χ4v) is 4.46. The molecule has 1 saturated heterocycles. The SMILES string of the molecule is N#Cc1nc(-c2ccco2)oc1N1CCC(C(=O)Nc2ccnn2Cc2ccsc2)CC1. The molecule has 5 rings (SSSR count). The van der Waals surface area contributed by atoms with Crippen LogP contribution in [0.15, 0.2) is 56.3 Å². The summed E-state index contributed by atoms with van der Waals surface area (Å²) in [6.07, 6.45) is 4.51. The van der Waals surface area contributed by atoms with Gasteiger partial charge >= 0.3 is 0 Å². The average molecular weight is 449 g/mol. The largest absolute Gasteiger partial charge is 0.459 e. The molecule has 1 aliphatic heterocycles. The molecule has 9 nitrogen and oxygen atoms in total. The molecule has 0 spiro atoms. The number of hydrogen-bond donors (Lipinski definition) is 1. The van der Waals surface area contributed by atoms with E-state index in [1.807, 2.05) is 22.4 Å². The molecule has 162 valence electrons. The second kappa shape index (κ2) is 8.72. The van der Waals surface area contributed by atoms with Gasteiger partial charge < -0.3 is 19.1 Å². The van der Waals surface area contributed by atoms with Crippen LogP contribution in [0, 0.1) is 17.2 Å². The van der Waals surface area contributed by atoms with E-state index >= 15 is 0 Å². The second-order valence-electron chi connectivity index (χ2n) is 7.52. The van der Waals surface area contributed by atoms with Crippen molar-refractivity contribution in [3.05, 3.63) is 58.7 Å². The van der Waals surface area contributed by atoms with Gasteiger partial charge in [-0.3, -0.25) is 4.79 Å². The standard InChI is InChI=1S/C22H20N6O3S/c23-12-17-22(31-21(25-17)18-2-1-10-30-18)27-8-4-16(5-9-27)20(29)26-19-3-7-24-28(19)13-15-6-11-32-14-15/h1-3,6-7,10-11,14,16H,4-5,8-9,13H2,(H,26,29). The maximum absolute atomic E-state index is 12.9. The quantitative estimate of drug-likeness (QED) is 0.475. The highest BCUT2D eigenvalue weighted by Crippen LogP contribution is 2.31. The Morgan fingerprint density at radius 2 is 2.19 bits per heavy atom. The molecule has 1 N–H and O–H groups in total. The molecule has 10 heteroatoms. The van der Waals surface area contributed by atoms with Crippen molar-refractivity contribution >= 4 is 28.9 Å². The topological polar surface area (TPSA) is 113 Å². The second-order valence-corrected chi connectivity index (χ2v) is 8.30. The summed E-state index contributed by atoms with van der Waals surface area (Å²) in [4.78, 5) is 19.1. The lowest BCUT2D eigenvalue weighted by Crippen LogP contribution is -2.38. The summed E-state index contributed by atoms with van der Waals surface area (Å²) in [6.45, 7) is 1.80. The van der Waals surface area contributed by atoms with Gasteiger partial charge in [0.05, 0.1) is 19.0 Å². The molecule has 1 fully saturated rings. The first-order valence-electron chi connectivity index (χ1n) is 10.2. The number of hydrogen-bond acceptors (Lipinski definition) is 8. The molecule has 0 atom stereocenters. The average Bonchev–Trinajstić information content (AvgIpc) is 3.61. The van der Waals surface area contributed by atoms with Crippen LogP contribution in [-0.4, -0.2) is 33.8 Å². The van der Waals surface area contributed by atoms with Crippen molar-refractivity contribution in [1.29, 1.82) is 5.26 Å². The maximum atomic E-state index is 12.9. The Kier molecular flexibility index (Phi) is 5.47. The third-order valence-corrected chi connectivity index (χ3v) is 6.21. The zero-order valence-corrected chi connectivity index (χ0v) is 17.9. The Balaban J connectivity index is 1.22. The fourth-order valence-electron chi connectivity index (χ4n) is 3.80. The lowest BCUT2D eigenvalue weighted by Gasteiger charge is -2.30. The van der Waals surface area contributed by atoms with Gasteiger partial charge in [0.2, 0.25) is 17.5 Å². The van der Waals surface area contributed by atoms with Gasteiger partial charge in [-0.15, -0.1) is 0 Å². The minimum Gasteiger partial charge on any atom is -0.459 e. The van der Waals surface area contributed by atoms with Gasteiger partial charge in [-0.2, -0.15) is 26.7 Å². The first-order chi connectivity index (χ1) is 15.7. The molecule has 0 aromatic carbocycles. The summed E-state index contributed by atoms with van der Waals surface area (Å²) in [5, 5.41) is 20.9. The van der Waals surface area contributed by atoms with Crippen LogP contribution in [0.4, 0.5) is 11.7 Å². The lowest BCUT2D eigenvalue weighted by atomic mass is 9.96. The molecule has 0 radical (unpaired) electrons. The summed E-state index contributed by atoms with van der Waals surface area (Å²) in [5.74, 6) is 1.71. The molecule has 0 saturated carbocycles. The van der Waals surface area contributed by atoms with Gasteiger partial charge in [0.15, 0.2) is 5.76 Å². The van der Waals surface area contributed by atoms with E-state index in [1.54, 1.807) is 34.3 Å². The Morgan fingerprint density at radius 3 is 2.91 bits per heavy atom. The third kappa shape index (κ3) is 4.02. The van der Waals surface area contributed by atoms with Crippen LogP contribution in [0.1, 0.15) is 24.1 Å². The number of nitriles is 1. The highest BCUT2D eigenvalue weighted by Gasteiger charge is 2.29. The van der Waals surface area contributed by atoms with Crippen molar-refractivity contribution in [3.63, 3.8) is 0 Å². The molecule has 1 amide bonds. The number of thiophene rings is 1. The van der Waals surface area contributed by atoms with E-state index in [0.717, 1.165) is 5.56 Å². The monoisotopic (exact) mass is 448 g/mol. The maximum Gasteiger partial charge on any atom is 0.266 e. The summed E-state index contributed by atoms with van der Waals surface area (Å²) >= 11 is 1.63. The number of amides is 1. The summed E-state index contributed by atoms with van der Waals surface area (Å²) in [5.41, 5.74) is 1.37. The third-order valence-electron chi connectivity index (χ3n) is 5.48. The lowest BCUT2D eigenvalue weighted by molar-refractivity contribution is -0.120. The van der Waals surface area contributed by atoms with Crippen LogP contribution < -0.4 is 10.2 Å². The van der Waals surface area contributed by atoms with Crippen molar-refractivity contribution in [2.45, 2.75) is 19.4 Å². The minimum absolute atomic E-state index is 0.0222. The molecule has 0 aliphatic carbocycles. The summed E-state index contributed by atoms with van der Waals surface area (Å²) in [7, 11) is 0. The van der Waals surface area contributed by atoms with Crippen LogP contribution in [0.3, 0.4) is 0 Å². The number of furan rings is 1. The summed E-state index contributed by atoms with van der Waals surface area (Å²) < 4.78 is 12.9. The number of nitrogens with zero attached hydrogens (tertiary/aromatic N) is 5. The Morgan fingerprint density at radius 1 is 1.31 bits per heavy atom. The number of carbonyl (C=O) groups is 1. The molecule has 4 aromatic rings. The van der Waals surface area contributed by atoms with E-state index in [2.05, 4.69) is 26.8 Å². The van der Waals surface area contributed by atoms with Gasteiger partial charge in [0, 0.05) is 25.1 Å². The van der Waals surface area contributed by atoms with E-state index in [9.17, 15) is 10.1 Å². The number of rotatable bonds is 6. The molecule has 0 unspecified atom stereocenters. The zero-order chi connectivity index (χ0) is 21.9. The van der Waals surface area contributed by atoms with Crippen molar-refractivity contribution in [3.8, 4) is 17.7 Å². The van der Waals surface area contributed by atoms with Crippen LogP contribution in [-0.2, 0) is 11.3 Å². The molecule has 5 heterocycles. The van der Waals surface area contributed by atoms with Crippen LogP contribution in [0.25, 0.3) is 11.7 Å². The Hall–Kier alpha value is -3.84. The first-order valence-corrected chi connectivity index (χ1v) is 11.2. The number of carbonyl (C=O) groups excluding carboxylic acids is 1. The van der Waals surface area contributed by atoms with Crippen molar-refractivity contribution < 1.29 is 13.6 Å². The normalized spacial score (nSPS) is 14.4. The van der Waals surface area contributed by atoms with E-state index in [-0.39, 0.29) is 23.4 Å². The number of anilines is 2. The predicted molar refractivity (Wildman–Crippen MR) is 118 cm³/mol. The predicted octanol–water partition coefficient (Wildman–Crippen LogP) is 3.97.